The molecular formula is C12H16ClN3. The number of amidine groups is 1. The minimum atomic E-state index is 0.0308. The first-order chi connectivity index (χ1) is 7.59. The summed E-state index contributed by atoms with van der Waals surface area (Å²) >= 11 is 6.07. The van der Waals surface area contributed by atoms with Crippen LogP contribution in [0.25, 0.3) is 0 Å². The molecule has 16 heavy (non-hydrogen) atoms. The Morgan fingerprint density at radius 2 is 2.25 bits per heavy atom. The first kappa shape index (κ1) is 11.3. The zero-order chi connectivity index (χ0) is 11.7. The Morgan fingerprint density at radius 1 is 1.56 bits per heavy atom. The lowest BCUT2D eigenvalue weighted by Gasteiger charge is -2.22. The molecule has 0 atom stereocenters. The van der Waals surface area contributed by atoms with Crippen molar-refractivity contribution in [2.45, 2.75) is 12.8 Å². The van der Waals surface area contributed by atoms with E-state index in [0.29, 0.717) is 10.6 Å². The third-order valence-electron chi connectivity index (χ3n) is 2.90. The van der Waals surface area contributed by atoms with E-state index in [4.69, 9.17) is 22.7 Å². The van der Waals surface area contributed by atoms with Crippen molar-refractivity contribution in [3.8, 4) is 0 Å². The first-order valence-electron chi connectivity index (χ1n) is 5.43. The number of rotatable bonds is 4. The van der Waals surface area contributed by atoms with E-state index in [0.717, 1.165) is 18.2 Å². The lowest BCUT2D eigenvalue weighted by atomic mass is 10.1. The molecule has 1 aliphatic carbocycles. The molecule has 1 aliphatic rings. The molecule has 1 aromatic carbocycles. The fourth-order valence-corrected chi connectivity index (χ4v) is 2.15. The molecular weight excluding hydrogens is 222 g/mol. The minimum absolute atomic E-state index is 0.0308. The van der Waals surface area contributed by atoms with Crippen LogP contribution in [-0.4, -0.2) is 19.4 Å². The summed E-state index contributed by atoms with van der Waals surface area (Å²) in [6.07, 6.45) is 2.61. The van der Waals surface area contributed by atoms with Gasteiger partial charge in [-0.15, -0.1) is 0 Å². The highest BCUT2D eigenvalue weighted by molar-refractivity contribution is 6.34. The molecule has 1 fully saturated rings. The molecule has 0 aliphatic heterocycles. The molecule has 2 rings (SSSR count). The third-order valence-corrected chi connectivity index (χ3v) is 3.22. The second-order valence-corrected chi connectivity index (χ2v) is 4.78. The van der Waals surface area contributed by atoms with E-state index in [1.54, 1.807) is 6.07 Å². The highest BCUT2D eigenvalue weighted by Crippen LogP contribution is 2.33. The van der Waals surface area contributed by atoms with Crippen molar-refractivity contribution in [1.82, 2.24) is 0 Å². The Balaban J connectivity index is 2.30. The lowest BCUT2D eigenvalue weighted by Crippen LogP contribution is -2.24. The van der Waals surface area contributed by atoms with Gasteiger partial charge < -0.3 is 10.6 Å². The average Bonchev–Trinajstić information content (AvgIpc) is 3.00. The summed E-state index contributed by atoms with van der Waals surface area (Å²) in [6, 6.07) is 5.63. The fraction of sp³-hybridized carbons (Fsp3) is 0.417. The molecule has 0 aromatic heterocycles. The van der Waals surface area contributed by atoms with E-state index in [1.165, 1.54) is 12.8 Å². The number of nitrogens with one attached hydrogen (secondary N) is 1. The molecule has 86 valence electrons. The van der Waals surface area contributed by atoms with Crippen LogP contribution in [0.4, 0.5) is 5.69 Å². The highest BCUT2D eigenvalue weighted by atomic mass is 35.5. The molecule has 4 heteroatoms. The molecule has 3 nitrogen and oxygen atoms in total. The van der Waals surface area contributed by atoms with Crippen molar-refractivity contribution in [2.24, 2.45) is 11.7 Å². The van der Waals surface area contributed by atoms with Gasteiger partial charge in [0.1, 0.15) is 5.84 Å². The van der Waals surface area contributed by atoms with Crippen molar-refractivity contribution < 1.29 is 0 Å². The first-order valence-corrected chi connectivity index (χ1v) is 5.81. The fourth-order valence-electron chi connectivity index (χ4n) is 1.88. The third kappa shape index (κ3) is 2.30. The molecule has 0 unspecified atom stereocenters. The number of nitrogens with two attached hydrogens (primary N) is 1. The molecule has 0 heterocycles. The predicted molar refractivity (Wildman–Crippen MR) is 68.5 cm³/mol. The van der Waals surface area contributed by atoms with Gasteiger partial charge in [-0.25, -0.2) is 0 Å². The van der Waals surface area contributed by atoms with Crippen LogP contribution in [0.3, 0.4) is 0 Å². The van der Waals surface area contributed by atoms with Gasteiger partial charge in [0.15, 0.2) is 0 Å². The van der Waals surface area contributed by atoms with Crippen LogP contribution >= 0.6 is 11.6 Å². The monoisotopic (exact) mass is 237 g/mol. The maximum Gasteiger partial charge on any atom is 0.126 e. The summed E-state index contributed by atoms with van der Waals surface area (Å²) < 4.78 is 0. The quantitative estimate of drug-likeness (QED) is 0.625. The number of nitrogens with zero attached hydrogens (tertiary/aromatic N) is 1. The van der Waals surface area contributed by atoms with Crippen LogP contribution in [0, 0.1) is 11.3 Å². The smallest absolute Gasteiger partial charge is 0.126 e. The van der Waals surface area contributed by atoms with Crippen LogP contribution in [0.15, 0.2) is 18.2 Å². The van der Waals surface area contributed by atoms with Gasteiger partial charge in [-0.05, 0) is 30.9 Å². The number of anilines is 1. The van der Waals surface area contributed by atoms with E-state index in [9.17, 15) is 0 Å². The average molecular weight is 238 g/mol. The van der Waals surface area contributed by atoms with Crippen LogP contribution in [0.5, 0.6) is 0 Å². The maximum absolute atomic E-state index is 7.58. The van der Waals surface area contributed by atoms with Crippen LogP contribution < -0.4 is 10.6 Å². The van der Waals surface area contributed by atoms with Gasteiger partial charge in [-0.1, -0.05) is 17.7 Å². The minimum Gasteiger partial charge on any atom is -0.384 e. The number of nitrogen functional groups attached to an aromatic ring is 1. The topological polar surface area (TPSA) is 53.1 Å². The molecule has 0 radical (unpaired) electrons. The van der Waals surface area contributed by atoms with Crippen molar-refractivity contribution >= 4 is 23.1 Å². The van der Waals surface area contributed by atoms with E-state index in [-0.39, 0.29) is 5.84 Å². The van der Waals surface area contributed by atoms with Gasteiger partial charge >= 0.3 is 0 Å². The van der Waals surface area contributed by atoms with E-state index in [2.05, 4.69) is 4.90 Å². The van der Waals surface area contributed by atoms with Gasteiger partial charge in [0.05, 0.1) is 10.6 Å². The molecule has 1 aromatic rings. The van der Waals surface area contributed by atoms with E-state index < -0.39 is 0 Å². The van der Waals surface area contributed by atoms with Gasteiger partial charge in [-0.3, -0.25) is 5.41 Å². The van der Waals surface area contributed by atoms with Crippen molar-refractivity contribution in [1.29, 1.82) is 5.41 Å². The normalized spacial score (nSPS) is 14.9. The van der Waals surface area contributed by atoms with Gasteiger partial charge in [-0.2, -0.15) is 0 Å². The van der Waals surface area contributed by atoms with Gasteiger partial charge in [0.25, 0.3) is 0 Å². The van der Waals surface area contributed by atoms with Gasteiger partial charge in [0.2, 0.25) is 0 Å². The van der Waals surface area contributed by atoms with Crippen LogP contribution in [-0.2, 0) is 0 Å². The Kier molecular flexibility index (Phi) is 3.06. The van der Waals surface area contributed by atoms with Crippen LogP contribution in [0.1, 0.15) is 18.4 Å². The summed E-state index contributed by atoms with van der Waals surface area (Å²) in [5, 5.41) is 8.12. The number of hydrogen-bond donors (Lipinski definition) is 2. The molecule has 0 amide bonds. The molecule has 0 saturated heterocycles. The zero-order valence-electron chi connectivity index (χ0n) is 9.33. The highest BCUT2D eigenvalue weighted by Gasteiger charge is 2.24. The summed E-state index contributed by atoms with van der Waals surface area (Å²) in [5.74, 6) is 0.826. The van der Waals surface area contributed by atoms with Crippen LogP contribution in [0.2, 0.25) is 5.02 Å². The Morgan fingerprint density at radius 3 is 2.81 bits per heavy atom. The Hall–Kier alpha value is -1.22. The number of halogens is 1. The SMILES string of the molecule is CN(CC1CC1)c1cccc(Cl)c1C(=N)N. The maximum atomic E-state index is 7.58. The second kappa shape index (κ2) is 4.34. The molecule has 0 spiro atoms. The molecule has 1 saturated carbocycles. The summed E-state index contributed by atoms with van der Waals surface area (Å²) in [4.78, 5) is 2.14. The van der Waals surface area contributed by atoms with Crippen molar-refractivity contribution in [3.63, 3.8) is 0 Å². The van der Waals surface area contributed by atoms with Crippen molar-refractivity contribution in [2.75, 3.05) is 18.5 Å². The predicted octanol–water partition coefficient (Wildman–Crippen LogP) is 2.47. The zero-order valence-corrected chi connectivity index (χ0v) is 10.1. The van der Waals surface area contributed by atoms with E-state index in [1.807, 2.05) is 19.2 Å². The lowest BCUT2D eigenvalue weighted by molar-refractivity contribution is 0.787. The number of hydrogen-bond acceptors (Lipinski definition) is 2. The summed E-state index contributed by atoms with van der Waals surface area (Å²) in [7, 11) is 2.02. The van der Waals surface area contributed by atoms with Crippen molar-refractivity contribution in [3.05, 3.63) is 28.8 Å². The second-order valence-electron chi connectivity index (χ2n) is 4.37. The number of benzene rings is 1. The summed E-state index contributed by atoms with van der Waals surface area (Å²) in [5.41, 5.74) is 7.17. The largest absolute Gasteiger partial charge is 0.384 e. The van der Waals surface area contributed by atoms with E-state index >= 15 is 0 Å². The molecule has 0 bridgehead atoms. The summed E-state index contributed by atoms with van der Waals surface area (Å²) in [6.45, 7) is 1.01. The Labute approximate surface area is 101 Å². The standard InChI is InChI=1S/C12H16ClN3/c1-16(7-8-5-6-8)10-4-2-3-9(13)11(10)12(14)15/h2-4,8H,5-7H2,1H3,(H3,14,15). The Bertz CT molecular complexity index is 413. The molecule has 3 N–H and O–H groups in total. The van der Waals surface area contributed by atoms with Gasteiger partial charge in [0, 0.05) is 19.3 Å².